The zero-order valence-corrected chi connectivity index (χ0v) is 13.2. The van der Waals surface area contributed by atoms with Gasteiger partial charge in [0.25, 0.3) is 0 Å². The van der Waals surface area contributed by atoms with Crippen molar-refractivity contribution < 1.29 is 0 Å². The van der Waals surface area contributed by atoms with Crippen LogP contribution in [0.25, 0.3) is 11.1 Å². The van der Waals surface area contributed by atoms with Gasteiger partial charge in [-0.15, -0.1) is 0 Å². The molecule has 0 N–H and O–H groups in total. The predicted molar refractivity (Wildman–Crippen MR) is 86.9 cm³/mol. The summed E-state index contributed by atoms with van der Waals surface area (Å²) >= 11 is 0. The minimum absolute atomic E-state index is 1.12. The van der Waals surface area contributed by atoms with Gasteiger partial charge in [0.05, 0.1) is 0 Å². The Labute approximate surface area is 118 Å². The van der Waals surface area contributed by atoms with Crippen molar-refractivity contribution in [1.82, 2.24) is 0 Å². The van der Waals surface area contributed by atoms with Gasteiger partial charge in [0.2, 0.25) is 0 Å². The van der Waals surface area contributed by atoms with Gasteiger partial charge in [-0.1, -0.05) is 64.1 Å². The van der Waals surface area contributed by atoms with Crippen molar-refractivity contribution in [3.8, 4) is 11.1 Å². The molecule has 1 aliphatic carbocycles. The minimum atomic E-state index is 1.12. The molecule has 0 unspecified atom stereocenters. The summed E-state index contributed by atoms with van der Waals surface area (Å²) in [6.07, 6.45) is 1.12. The van der Waals surface area contributed by atoms with E-state index in [4.69, 9.17) is 0 Å². The second-order valence-corrected chi connectivity index (χ2v) is 4.38. The van der Waals surface area contributed by atoms with E-state index < -0.39 is 0 Å². The third-order valence-corrected chi connectivity index (χ3v) is 3.46. The predicted octanol–water partition coefficient (Wildman–Crippen LogP) is 5.93. The van der Waals surface area contributed by atoms with Crippen molar-refractivity contribution in [2.24, 2.45) is 0 Å². The number of rotatable bonds is 0. The van der Waals surface area contributed by atoms with Crippen molar-refractivity contribution in [3.63, 3.8) is 0 Å². The first-order valence-electron chi connectivity index (χ1n) is 7.45. The molecule has 0 spiro atoms. The highest BCUT2D eigenvalue weighted by Crippen LogP contribution is 2.39. The molecule has 0 heteroatoms. The van der Waals surface area contributed by atoms with Gasteiger partial charge in [-0.25, -0.2) is 0 Å². The van der Waals surface area contributed by atoms with Crippen LogP contribution in [-0.4, -0.2) is 0 Å². The van der Waals surface area contributed by atoms with E-state index in [1.54, 1.807) is 0 Å². The van der Waals surface area contributed by atoms with Crippen LogP contribution in [0.4, 0.5) is 0 Å². The molecule has 3 rings (SSSR count). The first-order valence-corrected chi connectivity index (χ1v) is 7.45. The molecule has 0 saturated heterocycles. The van der Waals surface area contributed by atoms with Crippen molar-refractivity contribution in [3.05, 3.63) is 58.7 Å². The van der Waals surface area contributed by atoms with Crippen LogP contribution in [-0.2, 0) is 6.42 Å². The van der Waals surface area contributed by atoms with Gasteiger partial charge in [-0.3, -0.25) is 0 Å². The Morgan fingerprint density at radius 2 is 1.00 bits per heavy atom. The van der Waals surface area contributed by atoms with Crippen molar-refractivity contribution in [1.29, 1.82) is 0 Å². The summed E-state index contributed by atoms with van der Waals surface area (Å²) in [5.74, 6) is 0. The van der Waals surface area contributed by atoms with E-state index in [-0.39, 0.29) is 0 Å². The maximum absolute atomic E-state index is 2.24. The molecule has 0 heterocycles. The summed E-state index contributed by atoms with van der Waals surface area (Å²) in [7, 11) is 0. The van der Waals surface area contributed by atoms with Gasteiger partial charge >= 0.3 is 0 Å². The molecule has 19 heavy (non-hydrogen) atoms. The highest BCUT2D eigenvalue weighted by molar-refractivity contribution is 5.78. The smallest absolute Gasteiger partial charge is 0.000820 e. The standard InChI is InChI=1S/C15H14.2C2H6/c1-10-5-3-7-12-13-8-4-6-11(2)15(13)9-14(10)12;2*1-2/h3-8H,9H2,1-2H3;2*1-2H3. The van der Waals surface area contributed by atoms with Crippen LogP contribution in [0.15, 0.2) is 36.4 Å². The van der Waals surface area contributed by atoms with E-state index in [0.717, 1.165) is 6.42 Å². The third kappa shape index (κ3) is 2.89. The molecular formula is C19H26. The summed E-state index contributed by atoms with van der Waals surface area (Å²) in [5.41, 5.74) is 8.75. The van der Waals surface area contributed by atoms with E-state index in [1.165, 1.54) is 33.4 Å². The van der Waals surface area contributed by atoms with E-state index >= 15 is 0 Å². The molecule has 102 valence electrons. The van der Waals surface area contributed by atoms with Gasteiger partial charge in [-0.2, -0.15) is 0 Å². The Morgan fingerprint density at radius 3 is 1.37 bits per heavy atom. The van der Waals surface area contributed by atoms with Crippen LogP contribution in [0.3, 0.4) is 0 Å². The summed E-state index contributed by atoms with van der Waals surface area (Å²) < 4.78 is 0. The van der Waals surface area contributed by atoms with Crippen molar-refractivity contribution >= 4 is 0 Å². The Balaban J connectivity index is 0.000000415. The lowest BCUT2D eigenvalue weighted by atomic mass is 10.0. The highest BCUT2D eigenvalue weighted by Gasteiger charge is 2.20. The maximum atomic E-state index is 2.24. The zero-order chi connectivity index (χ0) is 14.4. The first-order chi connectivity index (χ1) is 9.27. The number of aryl methyl sites for hydroxylation is 2. The molecule has 2 aromatic carbocycles. The lowest BCUT2D eigenvalue weighted by Crippen LogP contribution is -1.86. The van der Waals surface area contributed by atoms with Crippen LogP contribution in [0.2, 0.25) is 0 Å². The average molecular weight is 254 g/mol. The summed E-state index contributed by atoms with van der Waals surface area (Å²) in [6.45, 7) is 12.4. The maximum Gasteiger partial charge on any atom is -0.000820 e. The van der Waals surface area contributed by atoms with Gasteiger partial charge in [0, 0.05) is 0 Å². The number of hydrogen-bond donors (Lipinski definition) is 0. The summed E-state index contributed by atoms with van der Waals surface area (Å²) in [6, 6.07) is 13.2. The number of hydrogen-bond acceptors (Lipinski definition) is 0. The lowest BCUT2D eigenvalue weighted by Gasteiger charge is -2.03. The molecule has 0 atom stereocenters. The van der Waals surface area contributed by atoms with Gasteiger partial charge < -0.3 is 0 Å². The molecule has 0 saturated carbocycles. The third-order valence-electron chi connectivity index (χ3n) is 3.46. The Bertz CT molecular complexity index is 486. The number of fused-ring (bicyclic) bond motifs is 3. The fraction of sp³-hybridized carbons (Fsp3) is 0.368. The summed E-state index contributed by atoms with van der Waals surface area (Å²) in [5, 5.41) is 0. The molecule has 1 aliphatic rings. The van der Waals surface area contributed by atoms with Crippen LogP contribution < -0.4 is 0 Å². The molecule has 0 bridgehead atoms. The van der Waals surface area contributed by atoms with Crippen LogP contribution >= 0.6 is 0 Å². The largest absolute Gasteiger partial charge is 0.0683 e. The first kappa shape index (κ1) is 15.5. The highest BCUT2D eigenvalue weighted by atomic mass is 14.2. The second-order valence-electron chi connectivity index (χ2n) is 4.38. The van der Waals surface area contributed by atoms with Gasteiger partial charge in [-0.05, 0) is 53.6 Å². The topological polar surface area (TPSA) is 0 Å². The van der Waals surface area contributed by atoms with E-state index in [9.17, 15) is 0 Å². The zero-order valence-electron chi connectivity index (χ0n) is 13.2. The molecule has 0 fully saturated rings. The van der Waals surface area contributed by atoms with Crippen molar-refractivity contribution in [2.75, 3.05) is 0 Å². The van der Waals surface area contributed by atoms with Crippen molar-refractivity contribution in [2.45, 2.75) is 48.0 Å². The Kier molecular flexibility index (Phi) is 5.82. The fourth-order valence-corrected chi connectivity index (χ4v) is 2.56. The molecule has 2 aromatic rings. The SMILES string of the molecule is CC.CC.Cc1cccc2c1Cc1c(C)cccc1-2. The van der Waals surface area contributed by atoms with Crippen LogP contribution in [0.1, 0.15) is 49.9 Å². The molecular weight excluding hydrogens is 228 g/mol. The Hall–Kier alpha value is -1.56. The lowest BCUT2D eigenvalue weighted by molar-refractivity contribution is 1.19. The molecule has 0 aromatic heterocycles. The quantitative estimate of drug-likeness (QED) is 0.466. The van der Waals surface area contributed by atoms with E-state index in [1.807, 2.05) is 27.7 Å². The second kappa shape index (κ2) is 7.13. The molecule has 0 amide bonds. The molecule has 0 aliphatic heterocycles. The normalized spacial score (nSPS) is 10.4. The van der Waals surface area contributed by atoms with Crippen LogP contribution in [0, 0.1) is 13.8 Å². The van der Waals surface area contributed by atoms with Gasteiger partial charge in [0.15, 0.2) is 0 Å². The number of benzene rings is 2. The van der Waals surface area contributed by atoms with Crippen LogP contribution in [0.5, 0.6) is 0 Å². The fourth-order valence-electron chi connectivity index (χ4n) is 2.56. The van der Waals surface area contributed by atoms with Gasteiger partial charge in [0.1, 0.15) is 0 Å². The summed E-state index contributed by atoms with van der Waals surface area (Å²) in [4.78, 5) is 0. The van der Waals surface area contributed by atoms with E-state index in [0.29, 0.717) is 0 Å². The monoisotopic (exact) mass is 254 g/mol. The molecule has 0 radical (unpaired) electrons. The Morgan fingerprint density at radius 1 is 0.632 bits per heavy atom. The minimum Gasteiger partial charge on any atom is -0.0683 e. The average Bonchev–Trinajstić information content (AvgIpc) is 2.85. The molecule has 0 nitrogen and oxygen atoms in total. The van der Waals surface area contributed by atoms with E-state index in [2.05, 4.69) is 50.2 Å².